The molecule has 1 heterocycles. The zero-order chi connectivity index (χ0) is 13.2. The Bertz CT molecular complexity index is 268. The van der Waals surface area contributed by atoms with E-state index in [0.717, 1.165) is 6.04 Å². The quantitative estimate of drug-likeness (QED) is 0.828. The van der Waals surface area contributed by atoms with Gasteiger partial charge in [-0.15, -0.1) is 0 Å². The average molecular weight is 252 g/mol. The molecule has 0 aromatic carbocycles. The van der Waals surface area contributed by atoms with Gasteiger partial charge in [0.2, 0.25) is 0 Å². The van der Waals surface area contributed by atoms with E-state index < -0.39 is 0 Å². The van der Waals surface area contributed by atoms with Crippen LogP contribution in [-0.2, 0) is 0 Å². The topological polar surface area (TPSA) is 15.3 Å². The monoisotopic (exact) mass is 252 g/mol. The summed E-state index contributed by atoms with van der Waals surface area (Å²) in [7, 11) is 0. The molecule has 1 aliphatic heterocycles. The Balaban J connectivity index is 2.08. The van der Waals surface area contributed by atoms with Gasteiger partial charge in [0.05, 0.1) is 0 Å². The SMILES string of the molecule is CCC1(CC)CN(C2CCCCC2(C)C)CCN1. The van der Waals surface area contributed by atoms with E-state index in [1.54, 1.807) is 0 Å². The Labute approximate surface area is 114 Å². The molecule has 1 aliphatic carbocycles. The van der Waals surface area contributed by atoms with Crippen LogP contribution in [0.25, 0.3) is 0 Å². The van der Waals surface area contributed by atoms with Gasteiger partial charge in [0.25, 0.3) is 0 Å². The van der Waals surface area contributed by atoms with E-state index in [4.69, 9.17) is 0 Å². The molecule has 2 aliphatic rings. The van der Waals surface area contributed by atoms with E-state index in [0.29, 0.717) is 11.0 Å². The molecule has 2 fully saturated rings. The van der Waals surface area contributed by atoms with Gasteiger partial charge in [0.15, 0.2) is 0 Å². The van der Waals surface area contributed by atoms with Crippen molar-refractivity contribution < 1.29 is 0 Å². The second kappa shape index (κ2) is 5.50. The van der Waals surface area contributed by atoms with Gasteiger partial charge in [-0.25, -0.2) is 0 Å². The Kier molecular flexibility index (Phi) is 4.38. The molecule has 0 aromatic rings. The first-order valence-electron chi connectivity index (χ1n) is 8.02. The molecule has 2 nitrogen and oxygen atoms in total. The van der Waals surface area contributed by atoms with Crippen LogP contribution < -0.4 is 5.32 Å². The third kappa shape index (κ3) is 2.75. The standard InChI is InChI=1S/C16H32N2/c1-5-16(6-2)13-18(12-11-17-16)14-9-7-8-10-15(14,3)4/h14,17H,5-13H2,1-4H3. The van der Waals surface area contributed by atoms with Crippen molar-refractivity contribution in [2.75, 3.05) is 19.6 Å². The van der Waals surface area contributed by atoms with Gasteiger partial charge in [-0.3, -0.25) is 4.90 Å². The van der Waals surface area contributed by atoms with Crippen LogP contribution >= 0.6 is 0 Å². The Morgan fingerprint density at radius 3 is 2.50 bits per heavy atom. The molecule has 1 atom stereocenters. The minimum atomic E-state index is 0.381. The van der Waals surface area contributed by atoms with E-state index >= 15 is 0 Å². The van der Waals surface area contributed by atoms with E-state index in [1.165, 1.54) is 58.2 Å². The zero-order valence-corrected chi connectivity index (χ0v) is 12.9. The molecule has 0 bridgehead atoms. The van der Waals surface area contributed by atoms with Crippen LogP contribution in [0.1, 0.15) is 66.2 Å². The van der Waals surface area contributed by atoms with Gasteiger partial charge in [0, 0.05) is 31.2 Å². The summed E-state index contributed by atoms with van der Waals surface area (Å²) in [4.78, 5) is 2.81. The lowest BCUT2D eigenvalue weighted by molar-refractivity contribution is 0.00578. The van der Waals surface area contributed by atoms with Gasteiger partial charge < -0.3 is 5.32 Å². The summed E-state index contributed by atoms with van der Waals surface area (Å²) in [6.45, 7) is 13.3. The smallest absolute Gasteiger partial charge is 0.0304 e. The van der Waals surface area contributed by atoms with Gasteiger partial charge in [-0.2, -0.15) is 0 Å². The number of nitrogens with one attached hydrogen (secondary N) is 1. The molecule has 0 spiro atoms. The van der Waals surface area contributed by atoms with Gasteiger partial charge in [0.1, 0.15) is 0 Å². The first-order valence-corrected chi connectivity index (χ1v) is 8.02. The Morgan fingerprint density at radius 1 is 1.17 bits per heavy atom. The highest BCUT2D eigenvalue weighted by molar-refractivity contribution is 4.98. The van der Waals surface area contributed by atoms with E-state index in [9.17, 15) is 0 Å². The second-order valence-corrected chi connectivity index (χ2v) is 7.13. The lowest BCUT2D eigenvalue weighted by atomic mass is 9.72. The molecule has 0 radical (unpaired) electrons. The fourth-order valence-corrected chi connectivity index (χ4v) is 4.13. The molecule has 1 saturated heterocycles. The predicted octanol–water partition coefficient (Wildman–Crippen LogP) is 3.42. The molecule has 1 N–H and O–H groups in total. The molecule has 1 saturated carbocycles. The summed E-state index contributed by atoms with van der Waals surface area (Å²) in [5.41, 5.74) is 0.897. The molecule has 0 aromatic heterocycles. The van der Waals surface area contributed by atoms with Crippen LogP contribution in [0.2, 0.25) is 0 Å². The summed E-state index contributed by atoms with van der Waals surface area (Å²) in [5, 5.41) is 3.79. The second-order valence-electron chi connectivity index (χ2n) is 7.13. The number of nitrogens with zero attached hydrogens (tertiary/aromatic N) is 1. The predicted molar refractivity (Wildman–Crippen MR) is 78.9 cm³/mol. The van der Waals surface area contributed by atoms with Crippen molar-refractivity contribution in [2.45, 2.75) is 77.8 Å². The van der Waals surface area contributed by atoms with Crippen molar-refractivity contribution in [3.63, 3.8) is 0 Å². The summed E-state index contributed by atoms with van der Waals surface area (Å²) < 4.78 is 0. The minimum Gasteiger partial charge on any atom is -0.309 e. The maximum absolute atomic E-state index is 3.79. The van der Waals surface area contributed by atoms with Crippen molar-refractivity contribution in [3.8, 4) is 0 Å². The first-order chi connectivity index (χ1) is 8.53. The highest BCUT2D eigenvalue weighted by Gasteiger charge is 2.41. The molecular formula is C16H32N2. The molecule has 2 rings (SSSR count). The molecule has 106 valence electrons. The molecule has 18 heavy (non-hydrogen) atoms. The highest BCUT2D eigenvalue weighted by Crippen LogP contribution is 2.39. The van der Waals surface area contributed by atoms with Crippen molar-refractivity contribution in [2.24, 2.45) is 5.41 Å². The molecular weight excluding hydrogens is 220 g/mol. The van der Waals surface area contributed by atoms with Crippen molar-refractivity contribution in [1.82, 2.24) is 10.2 Å². The Hall–Kier alpha value is -0.0800. The van der Waals surface area contributed by atoms with Crippen LogP contribution in [0.3, 0.4) is 0 Å². The largest absolute Gasteiger partial charge is 0.309 e. The highest BCUT2D eigenvalue weighted by atomic mass is 15.3. The number of piperazine rings is 1. The summed E-state index contributed by atoms with van der Waals surface area (Å²) in [5.74, 6) is 0. The van der Waals surface area contributed by atoms with Crippen LogP contribution in [0.5, 0.6) is 0 Å². The summed E-state index contributed by atoms with van der Waals surface area (Å²) in [6.07, 6.45) is 8.20. The summed E-state index contributed by atoms with van der Waals surface area (Å²) in [6, 6.07) is 0.811. The van der Waals surface area contributed by atoms with Crippen LogP contribution in [0, 0.1) is 5.41 Å². The number of hydrogen-bond acceptors (Lipinski definition) is 2. The lowest BCUT2D eigenvalue weighted by Crippen LogP contribution is -2.64. The molecule has 1 unspecified atom stereocenters. The molecule has 2 heteroatoms. The van der Waals surface area contributed by atoms with E-state index in [-0.39, 0.29) is 0 Å². The van der Waals surface area contributed by atoms with Crippen molar-refractivity contribution in [1.29, 1.82) is 0 Å². The van der Waals surface area contributed by atoms with Gasteiger partial charge >= 0.3 is 0 Å². The van der Waals surface area contributed by atoms with Crippen LogP contribution in [0.15, 0.2) is 0 Å². The maximum atomic E-state index is 3.79. The summed E-state index contributed by atoms with van der Waals surface area (Å²) >= 11 is 0. The number of hydrogen-bond donors (Lipinski definition) is 1. The number of rotatable bonds is 3. The fourth-order valence-electron chi connectivity index (χ4n) is 4.13. The van der Waals surface area contributed by atoms with Gasteiger partial charge in [-0.05, 0) is 31.1 Å². The van der Waals surface area contributed by atoms with Crippen LogP contribution in [0.4, 0.5) is 0 Å². The maximum Gasteiger partial charge on any atom is 0.0304 e. The van der Waals surface area contributed by atoms with E-state index in [2.05, 4.69) is 37.9 Å². The third-order valence-corrected chi connectivity index (χ3v) is 5.65. The normalized spacial score (nSPS) is 32.3. The zero-order valence-electron chi connectivity index (χ0n) is 12.9. The minimum absolute atomic E-state index is 0.381. The van der Waals surface area contributed by atoms with E-state index in [1.807, 2.05) is 0 Å². The first kappa shape index (κ1) is 14.3. The molecule has 0 amide bonds. The van der Waals surface area contributed by atoms with Crippen LogP contribution in [-0.4, -0.2) is 36.1 Å². The fraction of sp³-hybridized carbons (Fsp3) is 1.00. The Morgan fingerprint density at radius 2 is 1.89 bits per heavy atom. The lowest BCUT2D eigenvalue weighted by Gasteiger charge is -2.51. The average Bonchev–Trinajstić information content (AvgIpc) is 2.38. The van der Waals surface area contributed by atoms with Gasteiger partial charge in [-0.1, -0.05) is 40.5 Å². The van der Waals surface area contributed by atoms with Crippen molar-refractivity contribution >= 4 is 0 Å². The third-order valence-electron chi connectivity index (χ3n) is 5.65. The van der Waals surface area contributed by atoms with Crippen molar-refractivity contribution in [3.05, 3.63) is 0 Å².